The highest BCUT2D eigenvalue weighted by molar-refractivity contribution is 6.33. The number of carbonyl (C=O) groups is 1. The van der Waals surface area contributed by atoms with Gasteiger partial charge in [0.1, 0.15) is 11.5 Å². The number of hydrazine groups is 1. The molecule has 1 amide bonds. The highest BCUT2D eigenvalue weighted by Gasteiger charge is 2.32. The van der Waals surface area contributed by atoms with Crippen LogP contribution in [0, 0.1) is 5.41 Å². The van der Waals surface area contributed by atoms with Crippen LogP contribution in [0.2, 0.25) is 5.02 Å². The van der Waals surface area contributed by atoms with Gasteiger partial charge in [-0.3, -0.25) is 4.79 Å². The molecule has 2 rings (SSSR count). The third-order valence-electron chi connectivity index (χ3n) is 3.45. The molecule has 1 aromatic heterocycles. The quantitative estimate of drug-likeness (QED) is 0.576. The summed E-state index contributed by atoms with van der Waals surface area (Å²) >= 11 is 5.95. The van der Waals surface area contributed by atoms with Gasteiger partial charge in [-0.15, -0.1) is 0 Å². The van der Waals surface area contributed by atoms with Gasteiger partial charge in [0.15, 0.2) is 0 Å². The van der Waals surface area contributed by atoms with Crippen LogP contribution < -0.4 is 16.6 Å². The van der Waals surface area contributed by atoms with Crippen LogP contribution in [0.4, 0.5) is 5.82 Å². The number of anilines is 1. The average Bonchev–Trinajstić information content (AvgIpc) is 2.34. The van der Waals surface area contributed by atoms with Gasteiger partial charge in [0.05, 0.1) is 5.02 Å². The highest BCUT2D eigenvalue weighted by atomic mass is 35.5. The number of nitrogens with zero attached hydrogens (tertiary/aromatic N) is 1. The number of carbonyl (C=O) groups excluding carboxylic acids is 1. The van der Waals surface area contributed by atoms with Crippen molar-refractivity contribution < 1.29 is 4.79 Å². The second kappa shape index (κ2) is 5.12. The van der Waals surface area contributed by atoms with Crippen LogP contribution in [0.5, 0.6) is 0 Å². The van der Waals surface area contributed by atoms with Crippen molar-refractivity contribution in [1.82, 2.24) is 10.3 Å². The van der Waals surface area contributed by atoms with Gasteiger partial charge in [-0.25, -0.2) is 10.8 Å². The minimum Gasteiger partial charge on any atom is -0.350 e. The summed E-state index contributed by atoms with van der Waals surface area (Å²) in [5.74, 6) is 5.41. The summed E-state index contributed by atoms with van der Waals surface area (Å²) in [5, 5.41) is 3.20. The molecule has 6 heteroatoms. The van der Waals surface area contributed by atoms with Gasteiger partial charge in [0.25, 0.3) is 5.91 Å². The van der Waals surface area contributed by atoms with Crippen molar-refractivity contribution in [3.63, 3.8) is 0 Å². The van der Waals surface area contributed by atoms with E-state index in [9.17, 15) is 4.79 Å². The number of nitrogen functional groups attached to an aromatic ring is 1. The Morgan fingerprint density at radius 3 is 2.83 bits per heavy atom. The van der Waals surface area contributed by atoms with Crippen LogP contribution in [-0.4, -0.2) is 17.4 Å². The van der Waals surface area contributed by atoms with Crippen LogP contribution in [0.3, 0.4) is 0 Å². The average molecular weight is 269 g/mol. The third-order valence-corrected chi connectivity index (χ3v) is 3.75. The number of hydrogen-bond donors (Lipinski definition) is 3. The Bertz CT molecular complexity index is 459. The Morgan fingerprint density at radius 1 is 1.56 bits per heavy atom. The van der Waals surface area contributed by atoms with Crippen molar-refractivity contribution in [3.8, 4) is 0 Å². The number of halogens is 1. The number of rotatable bonds is 4. The minimum atomic E-state index is -0.259. The van der Waals surface area contributed by atoms with Crippen LogP contribution >= 0.6 is 11.6 Å². The first-order chi connectivity index (χ1) is 8.54. The summed E-state index contributed by atoms with van der Waals surface area (Å²) in [7, 11) is 0. The van der Waals surface area contributed by atoms with Crippen molar-refractivity contribution in [2.75, 3.05) is 12.0 Å². The maximum Gasteiger partial charge on any atom is 0.271 e. The van der Waals surface area contributed by atoms with Crippen molar-refractivity contribution in [3.05, 3.63) is 22.8 Å². The molecule has 0 radical (unpaired) electrons. The van der Waals surface area contributed by atoms with Gasteiger partial charge in [-0.05, 0) is 30.4 Å². The first kappa shape index (κ1) is 13.1. The molecule has 1 aliphatic carbocycles. The lowest BCUT2D eigenvalue weighted by atomic mass is 9.70. The molecule has 0 spiro atoms. The number of aromatic nitrogens is 1. The molecule has 1 heterocycles. The topological polar surface area (TPSA) is 80.0 Å². The van der Waals surface area contributed by atoms with Crippen LogP contribution in [0.25, 0.3) is 0 Å². The first-order valence-corrected chi connectivity index (χ1v) is 6.33. The molecule has 4 N–H and O–H groups in total. The Morgan fingerprint density at radius 2 is 2.28 bits per heavy atom. The lowest BCUT2D eigenvalue weighted by molar-refractivity contribution is 0.0886. The predicted octanol–water partition coefficient (Wildman–Crippen LogP) is 1.94. The lowest BCUT2D eigenvalue weighted by Crippen LogP contribution is -2.40. The Kier molecular flexibility index (Phi) is 3.73. The van der Waals surface area contributed by atoms with E-state index in [0.29, 0.717) is 17.4 Å². The molecule has 0 bridgehead atoms. The fourth-order valence-corrected chi connectivity index (χ4v) is 2.21. The van der Waals surface area contributed by atoms with Crippen LogP contribution in [0.1, 0.15) is 36.7 Å². The molecule has 0 aromatic carbocycles. The third kappa shape index (κ3) is 2.73. The number of pyridine rings is 1. The second-order valence-corrected chi connectivity index (χ2v) is 5.43. The van der Waals surface area contributed by atoms with E-state index in [1.165, 1.54) is 6.42 Å². The number of nitrogens with one attached hydrogen (secondary N) is 2. The Hall–Kier alpha value is -1.33. The predicted molar refractivity (Wildman–Crippen MR) is 71.3 cm³/mol. The number of hydrogen-bond acceptors (Lipinski definition) is 4. The molecule has 0 aliphatic heterocycles. The zero-order valence-corrected chi connectivity index (χ0v) is 11.0. The molecule has 0 unspecified atom stereocenters. The zero-order chi connectivity index (χ0) is 13.2. The Balaban J connectivity index is 2.03. The van der Waals surface area contributed by atoms with E-state index in [1.807, 2.05) is 0 Å². The summed E-state index contributed by atoms with van der Waals surface area (Å²) in [4.78, 5) is 16.0. The van der Waals surface area contributed by atoms with Crippen molar-refractivity contribution >= 4 is 23.3 Å². The van der Waals surface area contributed by atoms with Crippen LogP contribution in [-0.2, 0) is 0 Å². The molecule has 1 saturated carbocycles. The van der Waals surface area contributed by atoms with E-state index in [-0.39, 0.29) is 17.0 Å². The molecule has 1 aromatic rings. The summed E-state index contributed by atoms with van der Waals surface area (Å²) in [6.07, 6.45) is 3.54. The summed E-state index contributed by atoms with van der Waals surface area (Å²) in [6.45, 7) is 2.83. The standard InChI is InChI=1S/C12H17ClN4O/c1-12(5-2-6-12)7-15-11(18)10-8(13)3-4-9(16-10)17-14/h3-4H,2,5-7,14H2,1H3,(H,15,18)(H,16,17). The van der Waals surface area contributed by atoms with E-state index in [2.05, 4.69) is 22.7 Å². The van der Waals surface area contributed by atoms with Crippen molar-refractivity contribution in [1.29, 1.82) is 0 Å². The number of amides is 1. The lowest BCUT2D eigenvalue weighted by Gasteiger charge is -2.38. The summed E-state index contributed by atoms with van der Waals surface area (Å²) in [5.41, 5.74) is 2.83. The molecule has 5 nitrogen and oxygen atoms in total. The van der Waals surface area contributed by atoms with E-state index in [4.69, 9.17) is 17.4 Å². The molecular weight excluding hydrogens is 252 g/mol. The summed E-state index contributed by atoms with van der Waals surface area (Å²) in [6, 6.07) is 3.22. The Labute approximate surface area is 111 Å². The van der Waals surface area contributed by atoms with E-state index in [0.717, 1.165) is 12.8 Å². The van der Waals surface area contributed by atoms with Gasteiger partial charge >= 0.3 is 0 Å². The largest absolute Gasteiger partial charge is 0.350 e. The normalized spacial score (nSPS) is 16.8. The maximum absolute atomic E-state index is 12.0. The van der Waals surface area contributed by atoms with Gasteiger partial charge in [0, 0.05) is 6.54 Å². The SMILES string of the molecule is CC1(CNC(=O)c2nc(NN)ccc2Cl)CCC1. The maximum atomic E-state index is 12.0. The van der Waals surface area contributed by atoms with Gasteiger partial charge < -0.3 is 10.7 Å². The monoisotopic (exact) mass is 268 g/mol. The van der Waals surface area contributed by atoms with E-state index >= 15 is 0 Å². The molecule has 98 valence electrons. The zero-order valence-electron chi connectivity index (χ0n) is 10.3. The molecule has 1 fully saturated rings. The van der Waals surface area contributed by atoms with Crippen molar-refractivity contribution in [2.45, 2.75) is 26.2 Å². The molecule has 0 atom stereocenters. The van der Waals surface area contributed by atoms with Crippen molar-refractivity contribution in [2.24, 2.45) is 11.3 Å². The fraction of sp³-hybridized carbons (Fsp3) is 0.500. The summed E-state index contributed by atoms with van der Waals surface area (Å²) < 4.78 is 0. The van der Waals surface area contributed by atoms with Gasteiger partial charge in [-0.2, -0.15) is 0 Å². The smallest absolute Gasteiger partial charge is 0.271 e. The second-order valence-electron chi connectivity index (χ2n) is 5.02. The first-order valence-electron chi connectivity index (χ1n) is 5.95. The highest BCUT2D eigenvalue weighted by Crippen LogP contribution is 2.39. The van der Waals surface area contributed by atoms with Crippen LogP contribution in [0.15, 0.2) is 12.1 Å². The fourth-order valence-electron chi connectivity index (χ4n) is 2.02. The molecule has 1 aliphatic rings. The molecular formula is C12H17ClN4O. The van der Waals surface area contributed by atoms with E-state index in [1.54, 1.807) is 12.1 Å². The van der Waals surface area contributed by atoms with E-state index < -0.39 is 0 Å². The van der Waals surface area contributed by atoms with Gasteiger partial charge in [-0.1, -0.05) is 24.9 Å². The number of nitrogens with two attached hydrogens (primary N) is 1. The molecule has 18 heavy (non-hydrogen) atoms. The minimum absolute atomic E-state index is 0.204. The molecule has 0 saturated heterocycles. The van der Waals surface area contributed by atoms with Gasteiger partial charge in [0.2, 0.25) is 0 Å².